The molecule has 4 heterocycles. The Kier molecular flexibility index (Phi) is 4.15. The van der Waals surface area contributed by atoms with E-state index in [1.807, 2.05) is 6.20 Å². The monoisotopic (exact) mass is 534 g/mol. The van der Waals surface area contributed by atoms with Crippen LogP contribution in [0.15, 0.2) is 134 Å². The van der Waals surface area contributed by atoms with Crippen molar-refractivity contribution in [3.05, 3.63) is 134 Å². The van der Waals surface area contributed by atoms with Crippen LogP contribution in [0.1, 0.15) is 0 Å². The van der Waals surface area contributed by atoms with Crippen LogP contribution in [0.2, 0.25) is 0 Å². The summed E-state index contributed by atoms with van der Waals surface area (Å²) in [7, 11) is 0. The van der Waals surface area contributed by atoms with Crippen molar-refractivity contribution in [1.82, 2.24) is 19.1 Å². The number of pyridine rings is 2. The Labute approximate surface area is 240 Å². The van der Waals surface area contributed by atoms with Gasteiger partial charge in [0.1, 0.15) is 5.82 Å². The van der Waals surface area contributed by atoms with Gasteiger partial charge in [-0.15, -0.1) is 0 Å². The molecule has 0 amide bonds. The van der Waals surface area contributed by atoms with E-state index in [2.05, 4.69) is 137 Å². The fourth-order valence-electron chi connectivity index (χ4n) is 7.15. The topological polar surface area (TPSA) is 35.6 Å². The van der Waals surface area contributed by atoms with Crippen molar-refractivity contribution in [2.24, 2.45) is 0 Å². The number of rotatable bonds is 2. The summed E-state index contributed by atoms with van der Waals surface area (Å²) in [6.07, 6.45) is 1.90. The molecule has 1 aliphatic rings. The van der Waals surface area contributed by atoms with Crippen molar-refractivity contribution in [2.75, 3.05) is 0 Å². The molecular weight excluding hydrogens is 512 g/mol. The molecule has 0 saturated heterocycles. The van der Waals surface area contributed by atoms with Gasteiger partial charge in [-0.2, -0.15) is 0 Å². The molecule has 194 valence electrons. The van der Waals surface area contributed by atoms with Crippen molar-refractivity contribution in [3.8, 4) is 34.0 Å². The van der Waals surface area contributed by atoms with Gasteiger partial charge >= 0.3 is 0 Å². The highest BCUT2D eigenvalue weighted by atomic mass is 15.1. The van der Waals surface area contributed by atoms with E-state index < -0.39 is 0 Å². The normalized spacial score (nSPS) is 12.3. The summed E-state index contributed by atoms with van der Waals surface area (Å²) in [6, 6.07) is 45.6. The Hall–Kier alpha value is -5.74. The summed E-state index contributed by atoms with van der Waals surface area (Å²) in [4.78, 5) is 10.0. The third kappa shape index (κ3) is 2.76. The Balaban J connectivity index is 1.24. The maximum absolute atomic E-state index is 5.31. The van der Waals surface area contributed by atoms with Gasteiger partial charge in [-0.1, -0.05) is 72.8 Å². The average Bonchev–Trinajstić information content (AvgIpc) is 3.68. The van der Waals surface area contributed by atoms with Gasteiger partial charge < -0.3 is 4.57 Å². The second kappa shape index (κ2) is 7.93. The van der Waals surface area contributed by atoms with E-state index in [0.717, 1.165) is 45.1 Å². The summed E-state index contributed by atoms with van der Waals surface area (Å²) in [5, 5.41) is 7.35. The minimum atomic E-state index is 0.911. The van der Waals surface area contributed by atoms with Crippen molar-refractivity contribution in [1.29, 1.82) is 0 Å². The van der Waals surface area contributed by atoms with Gasteiger partial charge in [0, 0.05) is 49.9 Å². The molecule has 0 unspecified atom stereocenters. The second-order valence-corrected chi connectivity index (χ2v) is 11.1. The van der Waals surface area contributed by atoms with Crippen LogP contribution >= 0.6 is 0 Å². The lowest BCUT2D eigenvalue weighted by atomic mass is 10.1. The van der Waals surface area contributed by atoms with Gasteiger partial charge in [0.05, 0.1) is 33.5 Å². The predicted octanol–water partition coefficient (Wildman–Crippen LogP) is 9.47. The smallest absolute Gasteiger partial charge is 0.138 e. The predicted molar refractivity (Wildman–Crippen MR) is 173 cm³/mol. The number of aromatic nitrogens is 4. The SMILES string of the molecule is c1cc2c3c(nccc3c1)-c1ccc(-n3c4ccccc4c4cc(-n5c6ccccc6c6ccccc65)ccc43)nc1-2. The summed E-state index contributed by atoms with van der Waals surface area (Å²) in [5.41, 5.74) is 10.1. The van der Waals surface area contributed by atoms with Crippen LogP contribution in [0.5, 0.6) is 0 Å². The number of hydrogen-bond donors (Lipinski definition) is 0. The molecular formula is C38H22N4. The largest absolute Gasteiger partial charge is 0.309 e. The zero-order chi connectivity index (χ0) is 27.4. The number of benzene rings is 5. The Bertz CT molecular complexity index is 2530. The Morgan fingerprint density at radius 3 is 1.88 bits per heavy atom. The highest BCUT2D eigenvalue weighted by molar-refractivity contribution is 6.14. The average molecular weight is 535 g/mol. The lowest BCUT2D eigenvalue weighted by molar-refractivity contribution is 1.08. The highest BCUT2D eigenvalue weighted by Gasteiger charge is 2.25. The molecule has 0 atom stereocenters. The zero-order valence-electron chi connectivity index (χ0n) is 22.5. The molecule has 0 saturated carbocycles. The number of para-hydroxylation sites is 3. The van der Waals surface area contributed by atoms with Gasteiger partial charge in [0.2, 0.25) is 0 Å². The number of hydrogen-bond acceptors (Lipinski definition) is 2. The first-order chi connectivity index (χ1) is 20.8. The van der Waals surface area contributed by atoms with Gasteiger partial charge in [0.15, 0.2) is 0 Å². The van der Waals surface area contributed by atoms with E-state index in [1.165, 1.54) is 43.4 Å². The molecule has 0 radical (unpaired) electrons. The van der Waals surface area contributed by atoms with Crippen LogP contribution in [0.25, 0.3) is 88.4 Å². The molecule has 5 aromatic carbocycles. The van der Waals surface area contributed by atoms with Crippen LogP contribution in [0.3, 0.4) is 0 Å². The van der Waals surface area contributed by atoms with Crippen molar-refractivity contribution < 1.29 is 0 Å². The van der Waals surface area contributed by atoms with Gasteiger partial charge in [0.25, 0.3) is 0 Å². The van der Waals surface area contributed by atoms with Gasteiger partial charge in [-0.05, 0) is 60.0 Å². The fourth-order valence-corrected chi connectivity index (χ4v) is 7.15. The number of fused-ring (bicyclic) bond motifs is 9. The molecule has 0 fully saturated rings. The first kappa shape index (κ1) is 22.0. The Morgan fingerprint density at radius 1 is 0.452 bits per heavy atom. The van der Waals surface area contributed by atoms with E-state index in [4.69, 9.17) is 9.97 Å². The van der Waals surface area contributed by atoms with Gasteiger partial charge in [-0.25, -0.2) is 4.98 Å². The number of nitrogens with zero attached hydrogens (tertiary/aromatic N) is 4. The molecule has 1 aliphatic carbocycles. The standard InChI is InChI=1S/C38H22N4/c1-4-13-31-25(9-1)26-10-2-5-14-32(26)41(31)24-16-18-34-30(22-24)27-11-3-6-15-33(27)42(34)35-19-17-29-37(40-35)28-12-7-8-23-20-21-39-38(29)36(23)28/h1-22H. The quantitative estimate of drug-likeness (QED) is 0.221. The van der Waals surface area contributed by atoms with Crippen LogP contribution in [-0.4, -0.2) is 19.1 Å². The fraction of sp³-hybridized carbons (Fsp3) is 0. The molecule has 0 spiro atoms. The molecule has 10 rings (SSSR count). The minimum Gasteiger partial charge on any atom is -0.309 e. The molecule has 9 aromatic rings. The summed E-state index contributed by atoms with van der Waals surface area (Å²) < 4.78 is 4.69. The third-order valence-electron chi connectivity index (χ3n) is 8.91. The van der Waals surface area contributed by atoms with Crippen molar-refractivity contribution in [2.45, 2.75) is 0 Å². The van der Waals surface area contributed by atoms with Crippen LogP contribution < -0.4 is 0 Å². The third-order valence-corrected chi connectivity index (χ3v) is 8.91. The minimum absolute atomic E-state index is 0.911. The molecule has 0 bridgehead atoms. The van der Waals surface area contributed by atoms with Crippen molar-refractivity contribution >= 4 is 54.4 Å². The first-order valence-corrected chi connectivity index (χ1v) is 14.3. The molecule has 42 heavy (non-hydrogen) atoms. The molecule has 4 aromatic heterocycles. The molecule has 4 heteroatoms. The van der Waals surface area contributed by atoms with E-state index in [0.29, 0.717) is 0 Å². The van der Waals surface area contributed by atoms with E-state index >= 15 is 0 Å². The second-order valence-electron chi connectivity index (χ2n) is 11.1. The summed E-state index contributed by atoms with van der Waals surface area (Å²) in [5.74, 6) is 0.911. The van der Waals surface area contributed by atoms with Crippen LogP contribution in [-0.2, 0) is 0 Å². The zero-order valence-corrected chi connectivity index (χ0v) is 22.5. The lowest BCUT2D eigenvalue weighted by Crippen LogP contribution is -1.99. The molecule has 0 aliphatic heterocycles. The molecule has 0 N–H and O–H groups in total. The van der Waals surface area contributed by atoms with E-state index in [1.54, 1.807) is 0 Å². The van der Waals surface area contributed by atoms with Crippen molar-refractivity contribution in [3.63, 3.8) is 0 Å². The van der Waals surface area contributed by atoms with E-state index in [9.17, 15) is 0 Å². The van der Waals surface area contributed by atoms with E-state index in [-0.39, 0.29) is 0 Å². The maximum atomic E-state index is 5.31. The summed E-state index contributed by atoms with van der Waals surface area (Å²) in [6.45, 7) is 0. The van der Waals surface area contributed by atoms with Gasteiger partial charge in [-0.3, -0.25) is 9.55 Å². The summed E-state index contributed by atoms with van der Waals surface area (Å²) >= 11 is 0. The first-order valence-electron chi connectivity index (χ1n) is 14.3. The lowest BCUT2D eigenvalue weighted by Gasteiger charge is -2.11. The molecule has 4 nitrogen and oxygen atoms in total. The van der Waals surface area contributed by atoms with Crippen LogP contribution in [0.4, 0.5) is 0 Å². The highest BCUT2D eigenvalue weighted by Crippen LogP contribution is 2.45. The Morgan fingerprint density at radius 2 is 1.12 bits per heavy atom. The van der Waals surface area contributed by atoms with Crippen LogP contribution in [0, 0.1) is 0 Å². The maximum Gasteiger partial charge on any atom is 0.138 e.